The van der Waals surface area contributed by atoms with Crippen molar-refractivity contribution in [3.8, 4) is 5.75 Å². The highest BCUT2D eigenvalue weighted by atomic mass is 16.6. The molecule has 1 heterocycles. The summed E-state index contributed by atoms with van der Waals surface area (Å²) >= 11 is 0. The van der Waals surface area contributed by atoms with Crippen LogP contribution in [0.2, 0.25) is 0 Å². The second kappa shape index (κ2) is 7.16. The third kappa shape index (κ3) is 3.98. The standard InChI is InChI=1S/C15H23N3O/c1-2-12(5-8-16)6-10-18-19-14-3-4-15-13(11-14)7-9-17-15/h3-4,7,9,11-12,17-18H,2,5-6,8,10,16H2,1H3. The molecule has 1 unspecified atom stereocenters. The zero-order valence-electron chi connectivity index (χ0n) is 11.5. The molecule has 1 aromatic heterocycles. The molecule has 0 amide bonds. The maximum absolute atomic E-state index is 5.59. The Morgan fingerprint density at radius 1 is 1.32 bits per heavy atom. The average molecular weight is 261 g/mol. The summed E-state index contributed by atoms with van der Waals surface area (Å²) in [5.74, 6) is 1.53. The maximum atomic E-state index is 5.59. The van der Waals surface area contributed by atoms with Crippen LogP contribution in [-0.2, 0) is 0 Å². The van der Waals surface area contributed by atoms with Crippen LogP contribution in [0.4, 0.5) is 0 Å². The molecule has 4 heteroatoms. The van der Waals surface area contributed by atoms with Gasteiger partial charge in [0.15, 0.2) is 0 Å². The summed E-state index contributed by atoms with van der Waals surface area (Å²) < 4.78 is 0. The molecule has 2 aromatic rings. The average Bonchev–Trinajstić information content (AvgIpc) is 2.89. The number of nitrogens with two attached hydrogens (primary N) is 1. The SMILES string of the molecule is CCC(CCN)CCNOc1ccc2[nH]ccc2c1. The molecule has 0 saturated carbocycles. The zero-order valence-corrected chi connectivity index (χ0v) is 11.5. The molecule has 19 heavy (non-hydrogen) atoms. The minimum absolute atomic E-state index is 0.688. The van der Waals surface area contributed by atoms with Crippen LogP contribution < -0.4 is 16.1 Å². The molecule has 0 aliphatic carbocycles. The molecule has 0 saturated heterocycles. The summed E-state index contributed by atoms with van der Waals surface area (Å²) in [7, 11) is 0. The number of nitrogens with one attached hydrogen (secondary N) is 2. The first-order valence-electron chi connectivity index (χ1n) is 7.00. The first-order valence-corrected chi connectivity index (χ1v) is 7.00. The number of aromatic amines is 1. The van der Waals surface area contributed by atoms with Crippen molar-refractivity contribution in [2.24, 2.45) is 11.7 Å². The second-order valence-corrected chi connectivity index (χ2v) is 4.86. The van der Waals surface area contributed by atoms with Crippen LogP contribution in [0.1, 0.15) is 26.2 Å². The van der Waals surface area contributed by atoms with Crippen molar-refractivity contribution in [1.29, 1.82) is 0 Å². The van der Waals surface area contributed by atoms with E-state index in [0.717, 1.165) is 42.6 Å². The Morgan fingerprint density at radius 3 is 3.00 bits per heavy atom. The first kappa shape index (κ1) is 13.9. The molecule has 2 rings (SSSR count). The molecule has 0 aliphatic heterocycles. The topological polar surface area (TPSA) is 63.1 Å². The van der Waals surface area contributed by atoms with Gasteiger partial charge in [0.05, 0.1) is 0 Å². The van der Waals surface area contributed by atoms with Crippen LogP contribution in [0.15, 0.2) is 30.5 Å². The molecule has 4 nitrogen and oxygen atoms in total. The van der Waals surface area contributed by atoms with Crippen LogP contribution >= 0.6 is 0 Å². The van der Waals surface area contributed by atoms with E-state index < -0.39 is 0 Å². The zero-order chi connectivity index (χ0) is 13.5. The molecule has 0 bridgehead atoms. The first-order chi connectivity index (χ1) is 9.33. The van der Waals surface area contributed by atoms with E-state index in [4.69, 9.17) is 10.6 Å². The van der Waals surface area contributed by atoms with Gasteiger partial charge in [0.1, 0.15) is 5.75 Å². The van der Waals surface area contributed by atoms with Gasteiger partial charge < -0.3 is 15.6 Å². The minimum Gasteiger partial charge on any atom is -0.409 e. The van der Waals surface area contributed by atoms with E-state index in [1.54, 1.807) is 0 Å². The van der Waals surface area contributed by atoms with E-state index in [1.165, 1.54) is 6.42 Å². The largest absolute Gasteiger partial charge is 0.409 e. The molecule has 4 N–H and O–H groups in total. The van der Waals surface area contributed by atoms with Crippen molar-refractivity contribution in [1.82, 2.24) is 10.5 Å². The molecule has 0 fully saturated rings. The van der Waals surface area contributed by atoms with E-state index in [2.05, 4.69) is 17.4 Å². The van der Waals surface area contributed by atoms with Crippen molar-refractivity contribution in [2.75, 3.05) is 13.1 Å². The van der Waals surface area contributed by atoms with E-state index in [1.807, 2.05) is 30.5 Å². The van der Waals surface area contributed by atoms with Gasteiger partial charge in [0.25, 0.3) is 0 Å². The fraction of sp³-hybridized carbons (Fsp3) is 0.467. The summed E-state index contributed by atoms with van der Waals surface area (Å²) in [6.45, 7) is 3.83. The number of aromatic nitrogens is 1. The maximum Gasteiger partial charge on any atom is 0.147 e. The predicted molar refractivity (Wildman–Crippen MR) is 79.0 cm³/mol. The monoisotopic (exact) mass is 261 g/mol. The highest BCUT2D eigenvalue weighted by Crippen LogP contribution is 2.19. The van der Waals surface area contributed by atoms with Gasteiger partial charge in [-0.2, -0.15) is 5.48 Å². The smallest absolute Gasteiger partial charge is 0.147 e. The number of hydrogen-bond acceptors (Lipinski definition) is 3. The van der Waals surface area contributed by atoms with Crippen molar-refractivity contribution >= 4 is 10.9 Å². The third-order valence-electron chi connectivity index (χ3n) is 3.52. The normalized spacial score (nSPS) is 12.7. The van der Waals surface area contributed by atoms with Gasteiger partial charge in [-0.15, -0.1) is 0 Å². The van der Waals surface area contributed by atoms with Gasteiger partial charge in [-0.25, -0.2) is 0 Å². The van der Waals surface area contributed by atoms with Crippen molar-refractivity contribution in [3.05, 3.63) is 30.5 Å². The molecular formula is C15H23N3O. The highest BCUT2D eigenvalue weighted by Gasteiger charge is 2.05. The highest BCUT2D eigenvalue weighted by molar-refractivity contribution is 5.80. The van der Waals surface area contributed by atoms with Crippen LogP contribution in [0.25, 0.3) is 10.9 Å². The molecular weight excluding hydrogens is 238 g/mol. The molecule has 0 radical (unpaired) electrons. The summed E-state index contributed by atoms with van der Waals surface area (Å²) in [4.78, 5) is 8.72. The van der Waals surface area contributed by atoms with Crippen LogP contribution in [0.3, 0.4) is 0 Å². The Kier molecular flexibility index (Phi) is 5.24. The van der Waals surface area contributed by atoms with Crippen molar-refractivity contribution < 1.29 is 4.84 Å². The van der Waals surface area contributed by atoms with Crippen LogP contribution in [0, 0.1) is 5.92 Å². The van der Waals surface area contributed by atoms with Crippen LogP contribution in [-0.4, -0.2) is 18.1 Å². The van der Waals surface area contributed by atoms with Crippen molar-refractivity contribution in [3.63, 3.8) is 0 Å². The van der Waals surface area contributed by atoms with Gasteiger partial charge in [-0.3, -0.25) is 0 Å². The van der Waals surface area contributed by atoms with Gasteiger partial charge in [0, 0.05) is 23.6 Å². The Balaban J connectivity index is 1.75. The van der Waals surface area contributed by atoms with Crippen molar-refractivity contribution in [2.45, 2.75) is 26.2 Å². The van der Waals surface area contributed by atoms with E-state index in [-0.39, 0.29) is 0 Å². The molecule has 1 aromatic carbocycles. The number of H-pyrrole nitrogens is 1. The number of benzene rings is 1. The quantitative estimate of drug-likeness (QED) is 0.506. The van der Waals surface area contributed by atoms with Gasteiger partial charge in [0.2, 0.25) is 0 Å². The molecule has 0 spiro atoms. The Hall–Kier alpha value is -1.52. The molecule has 1 atom stereocenters. The van der Waals surface area contributed by atoms with E-state index in [9.17, 15) is 0 Å². The molecule has 104 valence electrons. The van der Waals surface area contributed by atoms with Gasteiger partial charge in [-0.1, -0.05) is 13.3 Å². The minimum atomic E-state index is 0.688. The Bertz CT molecular complexity index is 495. The lowest BCUT2D eigenvalue weighted by Crippen LogP contribution is -2.22. The van der Waals surface area contributed by atoms with E-state index >= 15 is 0 Å². The number of rotatable bonds is 8. The fourth-order valence-electron chi connectivity index (χ4n) is 2.28. The fourth-order valence-corrected chi connectivity index (χ4v) is 2.28. The lowest BCUT2D eigenvalue weighted by atomic mass is 9.99. The third-order valence-corrected chi connectivity index (χ3v) is 3.52. The summed E-state index contributed by atoms with van der Waals surface area (Å²) in [5, 5.41) is 1.16. The Morgan fingerprint density at radius 2 is 2.21 bits per heavy atom. The van der Waals surface area contributed by atoms with Gasteiger partial charge >= 0.3 is 0 Å². The predicted octanol–water partition coefficient (Wildman–Crippen LogP) is 2.82. The number of hydroxylamine groups is 1. The number of hydrogen-bond donors (Lipinski definition) is 3. The lowest BCUT2D eigenvalue weighted by Gasteiger charge is -2.14. The summed E-state index contributed by atoms with van der Waals surface area (Å²) in [6.07, 6.45) is 5.29. The lowest BCUT2D eigenvalue weighted by molar-refractivity contribution is 0.186. The number of fused-ring (bicyclic) bond motifs is 1. The Labute approximate surface area is 114 Å². The summed E-state index contributed by atoms with van der Waals surface area (Å²) in [5.41, 5.74) is 9.75. The second-order valence-electron chi connectivity index (χ2n) is 4.86. The van der Waals surface area contributed by atoms with Gasteiger partial charge in [-0.05, 0) is 49.6 Å². The van der Waals surface area contributed by atoms with E-state index in [0.29, 0.717) is 5.92 Å². The molecule has 0 aliphatic rings. The summed E-state index contributed by atoms with van der Waals surface area (Å²) in [6, 6.07) is 8.05. The van der Waals surface area contributed by atoms with Crippen LogP contribution in [0.5, 0.6) is 5.75 Å².